The molecule has 104 valence electrons. The van der Waals surface area contributed by atoms with E-state index in [1.165, 1.54) is 12.1 Å². The first-order valence-corrected chi connectivity index (χ1v) is 7.37. The van der Waals surface area contributed by atoms with E-state index in [9.17, 15) is 22.7 Å². The molecule has 1 aliphatic carbocycles. The Bertz CT molecular complexity index is 594. The molecule has 0 spiro atoms. The van der Waals surface area contributed by atoms with E-state index < -0.39 is 27.3 Å². The molecule has 0 amide bonds. The molecular formula is C12H14FNO4S. The predicted molar refractivity (Wildman–Crippen MR) is 65.6 cm³/mol. The second-order valence-electron chi connectivity index (χ2n) is 4.66. The summed E-state index contributed by atoms with van der Waals surface area (Å²) in [7, 11) is -4.04. The zero-order chi connectivity index (χ0) is 14.1. The van der Waals surface area contributed by atoms with E-state index >= 15 is 0 Å². The van der Waals surface area contributed by atoms with Gasteiger partial charge in [0.1, 0.15) is 11.4 Å². The zero-order valence-corrected chi connectivity index (χ0v) is 10.9. The second kappa shape index (κ2) is 4.90. The van der Waals surface area contributed by atoms with Gasteiger partial charge in [-0.25, -0.2) is 12.8 Å². The summed E-state index contributed by atoms with van der Waals surface area (Å²) in [5.74, 6) is -1.87. The van der Waals surface area contributed by atoms with Crippen molar-refractivity contribution < 1.29 is 22.7 Å². The van der Waals surface area contributed by atoms with Crippen LogP contribution in [0.15, 0.2) is 29.2 Å². The Morgan fingerprint density at radius 1 is 1.32 bits per heavy atom. The smallest absolute Gasteiger partial charge is 0.324 e. The number of hydrogen-bond acceptors (Lipinski definition) is 3. The van der Waals surface area contributed by atoms with Crippen LogP contribution in [-0.2, 0) is 14.8 Å². The Morgan fingerprint density at radius 2 is 1.95 bits per heavy atom. The highest BCUT2D eigenvalue weighted by Crippen LogP contribution is 2.31. The third-order valence-corrected chi connectivity index (χ3v) is 4.84. The summed E-state index contributed by atoms with van der Waals surface area (Å²) in [4.78, 5) is 11.0. The fourth-order valence-corrected chi connectivity index (χ4v) is 3.74. The van der Waals surface area contributed by atoms with E-state index in [0.29, 0.717) is 12.8 Å². The quantitative estimate of drug-likeness (QED) is 0.879. The number of rotatable bonds is 4. The van der Waals surface area contributed by atoms with Crippen LogP contribution in [0.3, 0.4) is 0 Å². The van der Waals surface area contributed by atoms with Crippen LogP contribution in [0.25, 0.3) is 0 Å². The highest BCUT2D eigenvalue weighted by molar-refractivity contribution is 7.89. The van der Waals surface area contributed by atoms with Crippen molar-refractivity contribution in [2.75, 3.05) is 0 Å². The molecule has 0 saturated heterocycles. The van der Waals surface area contributed by atoms with Gasteiger partial charge in [0, 0.05) is 0 Å². The van der Waals surface area contributed by atoms with Crippen molar-refractivity contribution in [1.29, 1.82) is 0 Å². The fraction of sp³-hybridized carbons (Fsp3) is 0.417. The maximum absolute atomic E-state index is 13.1. The van der Waals surface area contributed by atoms with Crippen molar-refractivity contribution in [3.8, 4) is 0 Å². The Labute approximate surface area is 110 Å². The summed E-state index contributed by atoms with van der Waals surface area (Å²) < 4.78 is 39.5. The number of aliphatic carboxylic acids is 1. The van der Waals surface area contributed by atoms with Gasteiger partial charge in [-0.15, -0.1) is 0 Å². The number of hydrogen-bond donors (Lipinski definition) is 2. The molecule has 0 aliphatic heterocycles. The molecule has 7 heteroatoms. The van der Waals surface area contributed by atoms with Crippen molar-refractivity contribution in [3.63, 3.8) is 0 Å². The van der Waals surface area contributed by atoms with Gasteiger partial charge in [0.25, 0.3) is 0 Å². The molecule has 0 aromatic heterocycles. The minimum absolute atomic E-state index is 0.247. The van der Waals surface area contributed by atoms with Crippen molar-refractivity contribution in [3.05, 3.63) is 30.1 Å². The Kier molecular flexibility index (Phi) is 3.60. The molecule has 0 radical (unpaired) electrons. The van der Waals surface area contributed by atoms with Gasteiger partial charge in [-0.05, 0) is 31.0 Å². The summed E-state index contributed by atoms with van der Waals surface area (Å²) in [6, 6.07) is 4.50. The van der Waals surface area contributed by atoms with Crippen LogP contribution in [-0.4, -0.2) is 25.0 Å². The van der Waals surface area contributed by atoms with Gasteiger partial charge in [0.2, 0.25) is 10.0 Å². The molecule has 1 aromatic carbocycles. The lowest BCUT2D eigenvalue weighted by atomic mass is 10.0. The lowest BCUT2D eigenvalue weighted by Gasteiger charge is -2.24. The first-order valence-electron chi connectivity index (χ1n) is 5.89. The molecule has 0 atom stereocenters. The van der Waals surface area contributed by atoms with Crippen molar-refractivity contribution in [1.82, 2.24) is 4.72 Å². The lowest BCUT2D eigenvalue weighted by Crippen LogP contribution is -2.52. The van der Waals surface area contributed by atoms with Crippen LogP contribution in [0.5, 0.6) is 0 Å². The Morgan fingerprint density at radius 3 is 2.47 bits per heavy atom. The number of benzene rings is 1. The molecule has 1 saturated carbocycles. The van der Waals surface area contributed by atoms with E-state index in [4.69, 9.17) is 0 Å². The van der Waals surface area contributed by atoms with E-state index in [-0.39, 0.29) is 17.7 Å². The summed E-state index contributed by atoms with van der Waals surface area (Å²) >= 11 is 0. The molecule has 1 aliphatic rings. The van der Waals surface area contributed by atoms with Gasteiger partial charge < -0.3 is 5.11 Å². The number of sulfonamides is 1. The average Bonchev–Trinajstić information content (AvgIpc) is 2.78. The van der Waals surface area contributed by atoms with Crippen LogP contribution in [0.4, 0.5) is 4.39 Å². The van der Waals surface area contributed by atoms with Crippen molar-refractivity contribution in [2.45, 2.75) is 36.1 Å². The summed E-state index contributed by atoms with van der Waals surface area (Å²) in [6.07, 6.45) is 1.80. The number of carbonyl (C=O) groups is 1. The highest BCUT2D eigenvalue weighted by atomic mass is 32.2. The van der Waals surface area contributed by atoms with Crippen LogP contribution in [0, 0.1) is 5.82 Å². The van der Waals surface area contributed by atoms with Crippen LogP contribution >= 0.6 is 0 Å². The first kappa shape index (κ1) is 14.0. The largest absolute Gasteiger partial charge is 0.480 e. The van der Waals surface area contributed by atoms with Gasteiger partial charge in [0.15, 0.2) is 0 Å². The summed E-state index contributed by atoms with van der Waals surface area (Å²) in [6.45, 7) is 0. The van der Waals surface area contributed by atoms with Gasteiger partial charge in [-0.2, -0.15) is 4.72 Å². The molecule has 0 unspecified atom stereocenters. The Hall–Kier alpha value is -1.47. The molecule has 5 nitrogen and oxygen atoms in total. The molecule has 0 heterocycles. The number of carboxylic acids is 1. The normalized spacial score (nSPS) is 18.4. The lowest BCUT2D eigenvalue weighted by molar-refractivity contribution is -0.143. The molecular weight excluding hydrogens is 273 g/mol. The maximum Gasteiger partial charge on any atom is 0.324 e. The summed E-state index contributed by atoms with van der Waals surface area (Å²) in [5.41, 5.74) is -1.47. The monoisotopic (exact) mass is 287 g/mol. The van der Waals surface area contributed by atoms with Gasteiger partial charge >= 0.3 is 5.97 Å². The number of carboxylic acid groups (broad SMARTS) is 1. The van der Waals surface area contributed by atoms with Crippen LogP contribution in [0.2, 0.25) is 0 Å². The average molecular weight is 287 g/mol. The highest BCUT2D eigenvalue weighted by Gasteiger charge is 2.44. The van der Waals surface area contributed by atoms with E-state index in [1.54, 1.807) is 0 Å². The topological polar surface area (TPSA) is 83.5 Å². The molecule has 1 fully saturated rings. The molecule has 2 rings (SSSR count). The zero-order valence-electron chi connectivity index (χ0n) is 10.1. The van der Waals surface area contributed by atoms with Gasteiger partial charge in [-0.3, -0.25) is 4.79 Å². The number of nitrogens with one attached hydrogen (secondary N) is 1. The van der Waals surface area contributed by atoms with E-state index in [1.807, 2.05) is 0 Å². The Balaban J connectivity index is 2.33. The summed E-state index contributed by atoms with van der Waals surface area (Å²) in [5, 5.41) is 9.23. The number of halogens is 1. The van der Waals surface area contributed by atoms with Gasteiger partial charge in [-0.1, -0.05) is 18.9 Å². The molecule has 19 heavy (non-hydrogen) atoms. The van der Waals surface area contributed by atoms with Crippen molar-refractivity contribution >= 4 is 16.0 Å². The third kappa shape index (κ3) is 2.76. The van der Waals surface area contributed by atoms with Crippen LogP contribution in [0.1, 0.15) is 25.7 Å². The van der Waals surface area contributed by atoms with E-state index in [0.717, 1.165) is 12.1 Å². The van der Waals surface area contributed by atoms with Crippen LogP contribution < -0.4 is 4.72 Å². The first-order chi connectivity index (χ1) is 8.86. The molecule has 0 bridgehead atoms. The van der Waals surface area contributed by atoms with Crippen molar-refractivity contribution in [2.24, 2.45) is 0 Å². The standard InChI is InChI=1S/C12H14FNO4S/c13-9-4-3-5-10(8-9)19(17,18)14-12(11(15)16)6-1-2-7-12/h3-5,8,14H,1-2,6-7H2,(H,15,16). The predicted octanol–water partition coefficient (Wildman–Crippen LogP) is 1.50. The minimum Gasteiger partial charge on any atom is -0.480 e. The molecule has 1 aromatic rings. The fourth-order valence-electron chi connectivity index (χ4n) is 2.29. The van der Waals surface area contributed by atoms with E-state index in [2.05, 4.69) is 4.72 Å². The van der Waals surface area contributed by atoms with Gasteiger partial charge in [0.05, 0.1) is 4.90 Å². The maximum atomic E-state index is 13.1. The molecule has 2 N–H and O–H groups in total. The minimum atomic E-state index is -4.04. The second-order valence-corrected chi connectivity index (χ2v) is 6.34. The SMILES string of the molecule is O=C(O)C1(NS(=O)(=O)c2cccc(F)c2)CCCC1. The third-order valence-electron chi connectivity index (χ3n) is 3.30.